The van der Waals surface area contributed by atoms with Crippen molar-refractivity contribution < 1.29 is 4.79 Å². The van der Waals surface area contributed by atoms with E-state index in [-0.39, 0.29) is 5.91 Å². The van der Waals surface area contributed by atoms with Gasteiger partial charge in [0.1, 0.15) is 0 Å². The number of anilines is 1. The Morgan fingerprint density at radius 3 is 2.57 bits per heavy atom. The molecule has 0 radical (unpaired) electrons. The molecule has 0 spiro atoms. The summed E-state index contributed by atoms with van der Waals surface area (Å²) in [5, 5.41) is 3.61. The third-order valence-corrected chi connectivity index (χ3v) is 4.43. The molecule has 0 saturated heterocycles. The van der Waals surface area contributed by atoms with Gasteiger partial charge in [0, 0.05) is 31.4 Å². The van der Waals surface area contributed by atoms with Crippen LogP contribution in [0.25, 0.3) is 0 Å². The van der Waals surface area contributed by atoms with Crippen LogP contribution in [0, 0.1) is 5.92 Å². The molecule has 1 saturated carbocycles. The van der Waals surface area contributed by atoms with Crippen LogP contribution in [0.2, 0.25) is 0 Å². The number of amides is 1. The molecule has 1 amide bonds. The van der Waals surface area contributed by atoms with Crippen LogP contribution in [0.1, 0.15) is 55.8 Å². The molecule has 1 aromatic rings. The van der Waals surface area contributed by atoms with E-state index in [1.165, 1.54) is 38.5 Å². The van der Waals surface area contributed by atoms with Crippen LogP contribution in [0.3, 0.4) is 0 Å². The molecule has 0 aliphatic heterocycles. The topological polar surface area (TPSA) is 32.3 Å². The highest BCUT2D eigenvalue weighted by molar-refractivity contribution is 5.94. The molecule has 0 heterocycles. The van der Waals surface area contributed by atoms with Gasteiger partial charge < -0.3 is 10.2 Å². The Balaban J connectivity index is 1.92. The average molecular weight is 288 g/mol. The van der Waals surface area contributed by atoms with Crippen LogP contribution < -0.4 is 5.32 Å². The molecule has 1 aliphatic rings. The summed E-state index contributed by atoms with van der Waals surface area (Å²) in [6.07, 6.45) is 7.84. The minimum absolute atomic E-state index is 0.0605. The summed E-state index contributed by atoms with van der Waals surface area (Å²) in [5.41, 5.74) is 1.83. The Hall–Kier alpha value is -1.51. The van der Waals surface area contributed by atoms with Crippen molar-refractivity contribution >= 4 is 11.6 Å². The number of benzene rings is 1. The van der Waals surface area contributed by atoms with Gasteiger partial charge in [0.05, 0.1) is 0 Å². The third kappa shape index (κ3) is 4.48. The fourth-order valence-electron chi connectivity index (χ4n) is 3.24. The lowest BCUT2D eigenvalue weighted by atomic mass is 9.83. The van der Waals surface area contributed by atoms with E-state index in [2.05, 4.69) is 18.3 Å². The SMILES string of the molecule is CCCC1CCC(Nc2cccc(C(=O)N(C)C)c2)CC1. The highest BCUT2D eigenvalue weighted by Gasteiger charge is 2.20. The molecule has 3 heteroatoms. The van der Waals surface area contributed by atoms with Gasteiger partial charge in [-0.3, -0.25) is 4.79 Å². The zero-order chi connectivity index (χ0) is 15.2. The van der Waals surface area contributed by atoms with E-state index < -0.39 is 0 Å². The Morgan fingerprint density at radius 2 is 1.95 bits per heavy atom. The summed E-state index contributed by atoms with van der Waals surface area (Å²) in [6, 6.07) is 8.43. The van der Waals surface area contributed by atoms with Crippen LogP contribution in [-0.4, -0.2) is 30.9 Å². The second kappa shape index (κ2) is 7.48. The molecule has 116 valence electrons. The van der Waals surface area contributed by atoms with Crippen molar-refractivity contribution in [1.29, 1.82) is 0 Å². The van der Waals surface area contributed by atoms with Crippen LogP contribution in [0.15, 0.2) is 24.3 Å². The third-order valence-electron chi connectivity index (χ3n) is 4.43. The van der Waals surface area contributed by atoms with Gasteiger partial charge in [-0.2, -0.15) is 0 Å². The smallest absolute Gasteiger partial charge is 0.253 e. The Kier molecular flexibility index (Phi) is 5.66. The van der Waals surface area contributed by atoms with E-state index in [9.17, 15) is 4.79 Å². The van der Waals surface area contributed by atoms with E-state index in [4.69, 9.17) is 0 Å². The number of carbonyl (C=O) groups excluding carboxylic acids is 1. The second-order valence-electron chi connectivity index (χ2n) is 6.43. The summed E-state index contributed by atoms with van der Waals surface area (Å²) < 4.78 is 0. The molecule has 3 nitrogen and oxygen atoms in total. The predicted molar refractivity (Wildman–Crippen MR) is 88.7 cm³/mol. The van der Waals surface area contributed by atoms with Crippen LogP contribution in [0.5, 0.6) is 0 Å². The van der Waals surface area contributed by atoms with Crippen molar-refractivity contribution in [3.8, 4) is 0 Å². The molecule has 1 aromatic carbocycles. The standard InChI is InChI=1S/C18H28N2O/c1-4-6-14-9-11-16(12-10-14)19-17-8-5-7-15(13-17)18(21)20(2)3/h5,7-8,13-14,16,19H,4,6,9-12H2,1-3H3. The molecule has 1 aliphatic carbocycles. The first-order valence-electron chi connectivity index (χ1n) is 8.18. The maximum absolute atomic E-state index is 12.0. The van der Waals surface area contributed by atoms with Gasteiger partial charge in [0.15, 0.2) is 0 Å². The normalized spacial score (nSPS) is 21.9. The van der Waals surface area contributed by atoms with Crippen molar-refractivity contribution in [1.82, 2.24) is 4.90 Å². The van der Waals surface area contributed by atoms with Crippen LogP contribution in [-0.2, 0) is 0 Å². The molecule has 0 unspecified atom stereocenters. The zero-order valence-corrected chi connectivity index (χ0v) is 13.6. The van der Waals surface area contributed by atoms with Gasteiger partial charge in [0.25, 0.3) is 5.91 Å². The molecule has 2 rings (SSSR count). The van der Waals surface area contributed by atoms with Gasteiger partial charge in [-0.25, -0.2) is 0 Å². The van der Waals surface area contributed by atoms with Gasteiger partial charge in [0.2, 0.25) is 0 Å². The quantitative estimate of drug-likeness (QED) is 0.882. The summed E-state index contributed by atoms with van der Waals surface area (Å²) in [5.74, 6) is 0.986. The van der Waals surface area contributed by atoms with Crippen LogP contribution in [0.4, 0.5) is 5.69 Å². The average Bonchev–Trinajstić information content (AvgIpc) is 2.49. The number of hydrogen-bond donors (Lipinski definition) is 1. The summed E-state index contributed by atoms with van der Waals surface area (Å²) >= 11 is 0. The van der Waals surface area contributed by atoms with E-state index in [1.807, 2.05) is 18.2 Å². The maximum Gasteiger partial charge on any atom is 0.253 e. The highest BCUT2D eigenvalue weighted by Crippen LogP contribution is 2.29. The number of rotatable bonds is 5. The molecule has 21 heavy (non-hydrogen) atoms. The summed E-state index contributed by atoms with van der Waals surface area (Å²) in [4.78, 5) is 13.6. The Bertz CT molecular complexity index is 462. The molecule has 0 atom stereocenters. The van der Waals surface area contributed by atoms with E-state index in [0.29, 0.717) is 6.04 Å². The van der Waals surface area contributed by atoms with E-state index in [1.54, 1.807) is 19.0 Å². The van der Waals surface area contributed by atoms with Crippen LogP contribution >= 0.6 is 0 Å². The van der Waals surface area contributed by atoms with Gasteiger partial charge >= 0.3 is 0 Å². The van der Waals surface area contributed by atoms with Crippen molar-refractivity contribution in [3.63, 3.8) is 0 Å². The van der Waals surface area contributed by atoms with Gasteiger partial charge in [-0.15, -0.1) is 0 Å². The highest BCUT2D eigenvalue weighted by atomic mass is 16.2. The molecule has 1 N–H and O–H groups in total. The number of carbonyl (C=O) groups is 1. The first kappa shape index (κ1) is 15.9. The number of hydrogen-bond acceptors (Lipinski definition) is 2. The lowest BCUT2D eigenvalue weighted by molar-refractivity contribution is 0.0827. The minimum atomic E-state index is 0.0605. The zero-order valence-electron chi connectivity index (χ0n) is 13.6. The summed E-state index contributed by atoms with van der Waals surface area (Å²) in [7, 11) is 3.58. The Labute approximate surface area is 128 Å². The minimum Gasteiger partial charge on any atom is -0.382 e. The lowest BCUT2D eigenvalue weighted by Gasteiger charge is -2.29. The van der Waals surface area contributed by atoms with Gasteiger partial charge in [-0.05, 0) is 49.8 Å². The van der Waals surface area contributed by atoms with E-state index >= 15 is 0 Å². The van der Waals surface area contributed by atoms with Crippen molar-refractivity contribution in [3.05, 3.63) is 29.8 Å². The predicted octanol–water partition coefficient (Wildman–Crippen LogP) is 4.16. The molecule has 1 fully saturated rings. The van der Waals surface area contributed by atoms with Crippen molar-refractivity contribution in [2.24, 2.45) is 5.92 Å². The number of nitrogens with zero attached hydrogens (tertiary/aromatic N) is 1. The fourth-order valence-corrected chi connectivity index (χ4v) is 3.24. The number of nitrogens with one attached hydrogen (secondary N) is 1. The van der Waals surface area contributed by atoms with Crippen molar-refractivity contribution in [2.75, 3.05) is 19.4 Å². The van der Waals surface area contributed by atoms with E-state index in [0.717, 1.165) is 17.2 Å². The first-order valence-corrected chi connectivity index (χ1v) is 8.18. The fraction of sp³-hybridized carbons (Fsp3) is 0.611. The maximum atomic E-state index is 12.0. The largest absolute Gasteiger partial charge is 0.382 e. The Morgan fingerprint density at radius 1 is 1.24 bits per heavy atom. The van der Waals surface area contributed by atoms with Crippen molar-refractivity contribution in [2.45, 2.75) is 51.5 Å². The first-order chi connectivity index (χ1) is 10.1. The molecule has 0 aromatic heterocycles. The molecule has 0 bridgehead atoms. The van der Waals surface area contributed by atoms with Gasteiger partial charge in [-0.1, -0.05) is 25.8 Å². The summed E-state index contributed by atoms with van der Waals surface area (Å²) in [6.45, 7) is 2.28. The lowest BCUT2D eigenvalue weighted by Crippen LogP contribution is -2.26. The monoisotopic (exact) mass is 288 g/mol. The molecular weight excluding hydrogens is 260 g/mol. The second-order valence-corrected chi connectivity index (χ2v) is 6.43. The molecular formula is C18H28N2O.